The number of Topliss-reactive ketones (excluding diaryl/α,β-unsaturated/α-hetero) is 1. The number of ether oxygens (including phenoxy) is 3. The maximum atomic E-state index is 12.4. The number of amides is 1. The summed E-state index contributed by atoms with van der Waals surface area (Å²) in [5.74, 6) is 0.410. The summed E-state index contributed by atoms with van der Waals surface area (Å²) in [5, 5.41) is 7.95. The molecular weight excluding hydrogens is 444 g/mol. The lowest BCUT2D eigenvalue weighted by atomic mass is 10.1. The van der Waals surface area contributed by atoms with Crippen LogP contribution >= 0.6 is 11.3 Å². The molecule has 0 aliphatic carbocycles. The van der Waals surface area contributed by atoms with E-state index in [4.69, 9.17) is 14.2 Å². The van der Waals surface area contributed by atoms with Crippen molar-refractivity contribution in [1.29, 1.82) is 0 Å². The van der Waals surface area contributed by atoms with Gasteiger partial charge in [0.25, 0.3) is 0 Å². The minimum absolute atomic E-state index is 0.0816. The van der Waals surface area contributed by atoms with Crippen molar-refractivity contribution in [2.24, 2.45) is 0 Å². The number of nitrogens with zero attached hydrogens (tertiary/aromatic N) is 2. The van der Waals surface area contributed by atoms with Gasteiger partial charge in [0.1, 0.15) is 12.2 Å². The normalized spacial score (nSPS) is 23.7. The van der Waals surface area contributed by atoms with Crippen LogP contribution in [0.2, 0.25) is 0 Å². The molecule has 0 spiro atoms. The summed E-state index contributed by atoms with van der Waals surface area (Å²) in [6, 6.07) is 12.4. The number of carbonyl (C=O) groups is 2. The van der Waals surface area contributed by atoms with Gasteiger partial charge in [-0.05, 0) is 36.6 Å². The van der Waals surface area contributed by atoms with Gasteiger partial charge in [-0.3, -0.25) is 10.1 Å². The molecule has 0 unspecified atom stereocenters. The Kier molecular flexibility index (Phi) is 6.03. The fourth-order valence-corrected chi connectivity index (χ4v) is 4.64. The van der Waals surface area contributed by atoms with Crippen LogP contribution in [0.25, 0.3) is 10.6 Å². The molecule has 4 heterocycles. The Morgan fingerprint density at radius 3 is 2.82 bits per heavy atom. The summed E-state index contributed by atoms with van der Waals surface area (Å²) in [5.41, 5.74) is 1.84. The summed E-state index contributed by atoms with van der Waals surface area (Å²) >= 11 is 1.61. The van der Waals surface area contributed by atoms with Gasteiger partial charge in [0.2, 0.25) is 5.95 Å². The van der Waals surface area contributed by atoms with E-state index in [0.717, 1.165) is 10.6 Å². The van der Waals surface area contributed by atoms with Gasteiger partial charge in [0.15, 0.2) is 11.9 Å². The summed E-state index contributed by atoms with van der Waals surface area (Å²) in [6.45, 7) is 2.08. The highest BCUT2D eigenvalue weighted by atomic mass is 32.1. The van der Waals surface area contributed by atoms with Crippen LogP contribution in [0.4, 0.5) is 16.4 Å². The van der Waals surface area contributed by atoms with E-state index in [2.05, 4.69) is 20.6 Å². The predicted octanol–water partition coefficient (Wildman–Crippen LogP) is 3.60. The molecule has 5 rings (SSSR count). The first-order valence-corrected chi connectivity index (χ1v) is 11.4. The summed E-state index contributed by atoms with van der Waals surface area (Å²) in [6.07, 6.45) is -0.145. The van der Waals surface area contributed by atoms with E-state index < -0.39 is 18.3 Å². The van der Waals surface area contributed by atoms with Crippen molar-refractivity contribution in [2.75, 3.05) is 23.8 Å². The standard InChI is InChI=1S/C23H22N4O5S/c1-13(28)14-4-2-5-15(10-14)25-23(29)32-18-12-31-20-17(11-30-21(18)20)27-22-24-8-7-16(26-22)19-6-3-9-33-19/h2-10,17-18,20-21H,11-12H2,1H3,(H,25,29)(H,24,26,27)/t17-,18-,20-,21+/m0/s1. The van der Waals surface area contributed by atoms with Crippen LogP contribution in [0.5, 0.6) is 0 Å². The average Bonchev–Trinajstić information content (AvgIpc) is 3.55. The van der Waals surface area contributed by atoms with Gasteiger partial charge in [0, 0.05) is 17.4 Å². The molecular formula is C23H22N4O5S. The van der Waals surface area contributed by atoms with Gasteiger partial charge in [-0.15, -0.1) is 11.3 Å². The molecule has 0 saturated carbocycles. The lowest BCUT2D eigenvalue weighted by Gasteiger charge is -2.18. The van der Waals surface area contributed by atoms with Gasteiger partial charge in [-0.1, -0.05) is 18.2 Å². The van der Waals surface area contributed by atoms with E-state index in [-0.39, 0.29) is 24.5 Å². The number of fused-ring (bicyclic) bond motifs is 1. The molecule has 170 valence electrons. The number of benzene rings is 1. The number of nitrogens with one attached hydrogen (secondary N) is 2. The smallest absolute Gasteiger partial charge is 0.412 e. The van der Waals surface area contributed by atoms with Gasteiger partial charge in [-0.25, -0.2) is 14.8 Å². The van der Waals surface area contributed by atoms with Crippen LogP contribution in [-0.2, 0) is 14.2 Å². The summed E-state index contributed by atoms with van der Waals surface area (Å²) in [4.78, 5) is 33.9. The first-order valence-electron chi connectivity index (χ1n) is 10.5. The first kappa shape index (κ1) is 21.5. The van der Waals surface area contributed by atoms with E-state index in [9.17, 15) is 9.59 Å². The van der Waals surface area contributed by atoms with E-state index in [1.165, 1.54) is 6.92 Å². The number of ketones is 1. The van der Waals surface area contributed by atoms with Gasteiger partial charge in [-0.2, -0.15) is 0 Å². The number of rotatable bonds is 6. The molecule has 33 heavy (non-hydrogen) atoms. The summed E-state index contributed by atoms with van der Waals surface area (Å²) in [7, 11) is 0. The van der Waals surface area contributed by atoms with Crippen LogP contribution in [0, 0.1) is 0 Å². The second kappa shape index (κ2) is 9.26. The van der Waals surface area contributed by atoms with Gasteiger partial charge < -0.3 is 19.5 Å². The molecule has 2 saturated heterocycles. The third-order valence-electron chi connectivity index (χ3n) is 5.53. The summed E-state index contributed by atoms with van der Waals surface area (Å²) < 4.78 is 17.3. The number of thiophene rings is 1. The van der Waals surface area contributed by atoms with Crippen molar-refractivity contribution in [3.63, 3.8) is 0 Å². The number of anilines is 2. The topological polar surface area (TPSA) is 112 Å². The second-order valence-corrected chi connectivity index (χ2v) is 8.74. The minimum Gasteiger partial charge on any atom is -0.441 e. The largest absolute Gasteiger partial charge is 0.441 e. The van der Waals surface area contributed by atoms with Crippen molar-refractivity contribution < 1.29 is 23.8 Å². The molecule has 1 aromatic carbocycles. The zero-order valence-electron chi connectivity index (χ0n) is 17.8. The van der Waals surface area contributed by atoms with Crippen LogP contribution in [0.1, 0.15) is 17.3 Å². The highest BCUT2D eigenvalue weighted by Gasteiger charge is 2.49. The van der Waals surface area contributed by atoms with E-state index in [1.807, 2.05) is 23.6 Å². The second-order valence-electron chi connectivity index (χ2n) is 7.80. The van der Waals surface area contributed by atoms with E-state index in [0.29, 0.717) is 23.8 Å². The van der Waals surface area contributed by atoms with Crippen LogP contribution < -0.4 is 10.6 Å². The predicted molar refractivity (Wildman–Crippen MR) is 123 cm³/mol. The monoisotopic (exact) mass is 466 g/mol. The Hall–Kier alpha value is -3.34. The number of aromatic nitrogens is 2. The zero-order chi connectivity index (χ0) is 22.8. The molecule has 2 N–H and O–H groups in total. The van der Waals surface area contributed by atoms with Crippen molar-refractivity contribution in [3.05, 3.63) is 59.6 Å². The molecule has 4 atom stereocenters. The lowest BCUT2D eigenvalue weighted by Crippen LogP contribution is -2.38. The minimum atomic E-state index is -0.628. The Balaban J connectivity index is 1.19. The van der Waals surface area contributed by atoms with Crippen molar-refractivity contribution in [1.82, 2.24) is 9.97 Å². The molecule has 2 fully saturated rings. The maximum Gasteiger partial charge on any atom is 0.412 e. The van der Waals surface area contributed by atoms with Crippen molar-refractivity contribution in [2.45, 2.75) is 31.3 Å². The Morgan fingerprint density at radius 1 is 1.12 bits per heavy atom. The molecule has 2 aliphatic rings. The van der Waals surface area contributed by atoms with Gasteiger partial charge in [0.05, 0.1) is 29.8 Å². The fraction of sp³-hybridized carbons (Fsp3) is 0.304. The molecule has 1 amide bonds. The molecule has 9 nitrogen and oxygen atoms in total. The van der Waals surface area contributed by atoms with Crippen molar-refractivity contribution in [3.8, 4) is 10.6 Å². The first-order chi connectivity index (χ1) is 16.1. The van der Waals surface area contributed by atoms with Crippen LogP contribution in [-0.4, -0.2) is 59.4 Å². The third kappa shape index (κ3) is 4.72. The molecule has 10 heteroatoms. The highest BCUT2D eigenvalue weighted by molar-refractivity contribution is 7.13. The van der Waals surface area contributed by atoms with Crippen molar-refractivity contribution >= 4 is 34.8 Å². The third-order valence-corrected chi connectivity index (χ3v) is 6.42. The van der Waals surface area contributed by atoms with Crippen LogP contribution in [0.3, 0.4) is 0 Å². The SMILES string of the molecule is CC(=O)c1cccc(NC(=O)O[C@H]2CO[C@@H]3[C@@H]2OC[C@@H]3Nc2nccc(-c3cccs3)n2)c1. The molecule has 2 aromatic heterocycles. The maximum absolute atomic E-state index is 12.4. The van der Waals surface area contributed by atoms with Crippen LogP contribution in [0.15, 0.2) is 54.0 Å². The van der Waals surface area contributed by atoms with Gasteiger partial charge >= 0.3 is 6.09 Å². The number of carbonyl (C=O) groups excluding carboxylic acids is 2. The lowest BCUT2D eigenvalue weighted by molar-refractivity contribution is 0.00916. The Morgan fingerprint density at radius 2 is 2.00 bits per heavy atom. The fourth-order valence-electron chi connectivity index (χ4n) is 3.95. The average molecular weight is 467 g/mol. The zero-order valence-corrected chi connectivity index (χ0v) is 18.6. The molecule has 0 radical (unpaired) electrons. The Bertz CT molecular complexity index is 1160. The van der Waals surface area contributed by atoms with E-state index in [1.54, 1.807) is 41.8 Å². The Labute approximate surface area is 194 Å². The highest BCUT2D eigenvalue weighted by Crippen LogP contribution is 2.31. The number of hydrogen-bond acceptors (Lipinski definition) is 9. The van der Waals surface area contributed by atoms with E-state index >= 15 is 0 Å². The molecule has 3 aromatic rings. The number of hydrogen-bond donors (Lipinski definition) is 2. The molecule has 2 aliphatic heterocycles. The molecule has 0 bridgehead atoms. The quantitative estimate of drug-likeness (QED) is 0.530.